The first-order valence-electron chi connectivity index (χ1n) is 31.0. The molecule has 1 heterocycles. The number of aliphatic hydroxyl groups is 2. The quantitative estimate of drug-likeness (QED) is 0.0228. The molecule has 0 aromatic carbocycles. The molecule has 75 heavy (non-hydrogen) atoms. The molecule has 6 unspecified atom stereocenters. The highest BCUT2D eigenvalue weighted by molar-refractivity contribution is 5.74. The zero-order valence-electron chi connectivity index (χ0n) is 48.1. The lowest BCUT2D eigenvalue weighted by atomic mass is 9.98. The van der Waals surface area contributed by atoms with Gasteiger partial charge in [0.15, 0.2) is 24.6 Å². The Kier molecular flexibility index (Phi) is 48.2. The number of hydrogen-bond acceptors (Lipinski definition) is 11. The van der Waals surface area contributed by atoms with Gasteiger partial charge in [0.25, 0.3) is 0 Å². The van der Waals surface area contributed by atoms with E-state index in [0.717, 1.165) is 109 Å². The molecule has 1 fully saturated rings. The number of carbonyl (C=O) groups excluding carboxylic acids is 3. The Morgan fingerprint density at radius 3 is 1.27 bits per heavy atom. The Labute approximate surface area is 457 Å². The van der Waals surface area contributed by atoms with Crippen LogP contribution in [-0.4, -0.2) is 89.2 Å². The molecular weight excluding hydrogens is 949 g/mol. The third-order valence-electron chi connectivity index (χ3n) is 14.2. The van der Waals surface area contributed by atoms with Crippen LogP contribution in [0.15, 0.2) is 36.5 Å². The van der Waals surface area contributed by atoms with E-state index in [1.165, 1.54) is 122 Å². The molecule has 0 aliphatic carbocycles. The molecule has 0 saturated carbocycles. The molecule has 6 atom stereocenters. The van der Waals surface area contributed by atoms with Crippen LogP contribution in [0.5, 0.6) is 0 Å². The highest BCUT2D eigenvalue weighted by atomic mass is 16.7. The number of carbonyl (C=O) groups is 4. The molecule has 0 aromatic rings. The lowest BCUT2D eigenvalue weighted by Crippen LogP contribution is -2.61. The molecule has 1 rings (SSSR count). The van der Waals surface area contributed by atoms with Crippen molar-refractivity contribution >= 4 is 23.9 Å². The molecule has 12 nitrogen and oxygen atoms in total. The Bertz CT molecular complexity index is 1450. The number of unbranched alkanes of at least 4 members (excludes halogenated alkanes) is 33. The summed E-state index contributed by atoms with van der Waals surface area (Å²) in [4.78, 5) is 51.2. The molecule has 0 spiro atoms. The van der Waals surface area contributed by atoms with Crippen LogP contribution in [0.1, 0.15) is 290 Å². The van der Waals surface area contributed by atoms with Gasteiger partial charge in [0.2, 0.25) is 0 Å². The van der Waals surface area contributed by atoms with Crippen molar-refractivity contribution in [2.45, 2.75) is 327 Å². The molecular formula is C63H112O12. The second-order valence-electron chi connectivity index (χ2n) is 21.3. The largest absolute Gasteiger partial charge is 0.479 e. The van der Waals surface area contributed by atoms with Gasteiger partial charge in [0, 0.05) is 19.3 Å². The average Bonchev–Trinajstić information content (AvgIpc) is 3.39. The number of hydrogen-bond donors (Lipinski definition) is 3. The summed E-state index contributed by atoms with van der Waals surface area (Å²) >= 11 is 0. The summed E-state index contributed by atoms with van der Waals surface area (Å²) < 4.78 is 28.5. The van der Waals surface area contributed by atoms with Gasteiger partial charge >= 0.3 is 23.9 Å². The van der Waals surface area contributed by atoms with Crippen molar-refractivity contribution in [3.8, 4) is 0 Å². The molecule has 12 heteroatoms. The van der Waals surface area contributed by atoms with Gasteiger partial charge in [-0.05, 0) is 70.6 Å². The van der Waals surface area contributed by atoms with Crippen molar-refractivity contribution in [2.24, 2.45) is 0 Å². The third kappa shape index (κ3) is 41.7. The van der Waals surface area contributed by atoms with Crippen molar-refractivity contribution in [1.29, 1.82) is 0 Å². The van der Waals surface area contributed by atoms with Crippen molar-refractivity contribution in [1.82, 2.24) is 0 Å². The first kappa shape index (κ1) is 70.0. The summed E-state index contributed by atoms with van der Waals surface area (Å²) in [6, 6.07) is 0. The number of esters is 3. The van der Waals surface area contributed by atoms with Gasteiger partial charge in [-0.25, -0.2) is 4.79 Å². The molecule has 436 valence electrons. The van der Waals surface area contributed by atoms with Gasteiger partial charge < -0.3 is 39.0 Å². The fourth-order valence-electron chi connectivity index (χ4n) is 9.40. The summed E-state index contributed by atoms with van der Waals surface area (Å²) in [5.74, 6) is -3.12. The van der Waals surface area contributed by atoms with Gasteiger partial charge in [0.05, 0.1) is 6.61 Å². The Morgan fingerprint density at radius 2 is 0.827 bits per heavy atom. The van der Waals surface area contributed by atoms with E-state index in [1.807, 2.05) is 0 Å². The number of carboxylic acids is 1. The summed E-state index contributed by atoms with van der Waals surface area (Å²) in [6.45, 7) is 5.94. The fraction of sp³-hybridized carbons (Fsp3) is 0.841. The summed E-state index contributed by atoms with van der Waals surface area (Å²) in [5, 5.41) is 31.5. The topological polar surface area (TPSA) is 175 Å². The van der Waals surface area contributed by atoms with Crippen molar-refractivity contribution in [3.05, 3.63) is 36.5 Å². The lowest BCUT2D eigenvalue weighted by Gasteiger charge is -2.40. The predicted molar refractivity (Wildman–Crippen MR) is 303 cm³/mol. The van der Waals surface area contributed by atoms with E-state index in [4.69, 9.17) is 23.7 Å². The smallest absolute Gasteiger partial charge is 0.335 e. The Hall–Kier alpha value is -3.06. The molecule has 3 N–H and O–H groups in total. The Morgan fingerprint density at radius 1 is 0.440 bits per heavy atom. The van der Waals surface area contributed by atoms with Gasteiger partial charge in [-0.1, -0.05) is 237 Å². The van der Waals surface area contributed by atoms with Crippen LogP contribution in [0.2, 0.25) is 0 Å². The van der Waals surface area contributed by atoms with Crippen LogP contribution in [0.3, 0.4) is 0 Å². The van der Waals surface area contributed by atoms with Gasteiger partial charge in [-0.15, -0.1) is 0 Å². The van der Waals surface area contributed by atoms with Crippen LogP contribution in [0, 0.1) is 0 Å². The SMILES string of the molecule is CCC/C=C\C/C=C\CCCCCCCC(=O)OC(COC(=O)CCCCCCCCCCCCCCCCCCC)COC1OC(C(=O)O)C(O)C(O)C1OC(=O)CCCCCCC/C=C\CCCCCCCC. The number of aliphatic hydroxyl groups excluding tert-OH is 2. The second kappa shape index (κ2) is 51.7. The van der Waals surface area contributed by atoms with E-state index in [1.54, 1.807) is 0 Å². The molecule has 0 bridgehead atoms. The first-order valence-corrected chi connectivity index (χ1v) is 31.0. The minimum Gasteiger partial charge on any atom is -0.479 e. The second-order valence-corrected chi connectivity index (χ2v) is 21.3. The monoisotopic (exact) mass is 1060 g/mol. The van der Waals surface area contributed by atoms with Crippen LogP contribution < -0.4 is 0 Å². The number of allylic oxidation sites excluding steroid dienone is 6. The van der Waals surface area contributed by atoms with Crippen molar-refractivity contribution in [2.75, 3.05) is 13.2 Å². The highest BCUT2D eigenvalue weighted by Gasteiger charge is 2.50. The van der Waals surface area contributed by atoms with Gasteiger partial charge in [-0.3, -0.25) is 14.4 Å². The van der Waals surface area contributed by atoms with Gasteiger partial charge in [-0.2, -0.15) is 0 Å². The molecule has 1 aliphatic rings. The zero-order valence-corrected chi connectivity index (χ0v) is 48.1. The Balaban J connectivity index is 2.66. The number of ether oxygens (including phenoxy) is 5. The molecule has 0 amide bonds. The minimum atomic E-state index is -1.90. The van der Waals surface area contributed by atoms with Crippen LogP contribution >= 0.6 is 0 Å². The normalized spacial score (nSPS) is 18.3. The van der Waals surface area contributed by atoms with Crippen molar-refractivity contribution < 1.29 is 58.2 Å². The lowest BCUT2D eigenvalue weighted by molar-refractivity contribution is -0.301. The van der Waals surface area contributed by atoms with E-state index >= 15 is 0 Å². The molecule has 1 saturated heterocycles. The van der Waals surface area contributed by atoms with E-state index < -0.39 is 67.3 Å². The summed E-state index contributed by atoms with van der Waals surface area (Å²) in [7, 11) is 0. The maximum Gasteiger partial charge on any atom is 0.335 e. The summed E-state index contributed by atoms with van der Waals surface area (Å²) in [5.41, 5.74) is 0. The van der Waals surface area contributed by atoms with E-state index in [0.29, 0.717) is 19.3 Å². The minimum absolute atomic E-state index is 0.0518. The number of aliphatic carboxylic acids is 1. The van der Waals surface area contributed by atoms with Crippen molar-refractivity contribution in [3.63, 3.8) is 0 Å². The van der Waals surface area contributed by atoms with Crippen LogP contribution in [-0.2, 0) is 42.9 Å². The molecule has 0 aromatic heterocycles. The maximum atomic E-state index is 13.1. The summed E-state index contributed by atoms with van der Waals surface area (Å²) in [6.07, 6.45) is 48.2. The van der Waals surface area contributed by atoms with E-state index in [9.17, 15) is 34.5 Å². The first-order chi connectivity index (χ1) is 36.6. The maximum absolute atomic E-state index is 13.1. The van der Waals surface area contributed by atoms with Crippen LogP contribution in [0.25, 0.3) is 0 Å². The van der Waals surface area contributed by atoms with E-state index in [2.05, 4.69) is 57.2 Å². The zero-order chi connectivity index (χ0) is 54.7. The van der Waals surface area contributed by atoms with E-state index in [-0.39, 0.29) is 25.9 Å². The van der Waals surface area contributed by atoms with Crippen LogP contribution in [0.4, 0.5) is 0 Å². The molecule has 1 aliphatic heterocycles. The average molecular weight is 1060 g/mol. The number of rotatable bonds is 53. The molecule has 0 radical (unpaired) electrons. The predicted octanol–water partition coefficient (Wildman–Crippen LogP) is 16.0. The van der Waals surface area contributed by atoms with Gasteiger partial charge in [0.1, 0.15) is 18.8 Å². The highest BCUT2D eigenvalue weighted by Crippen LogP contribution is 2.27. The fourth-order valence-corrected chi connectivity index (χ4v) is 9.40. The number of carboxylic acid groups (broad SMARTS) is 1. The standard InChI is InChI=1S/C63H112O12/c1-4-7-10-13-16-19-22-25-27-28-30-32-34-37-40-43-46-49-55(64)71-52-54(73-56(65)50-47-44-41-38-35-31-24-21-18-15-12-9-6-3)53-72-63-61(59(68)58(67)60(75-63)62(69)70)74-57(66)51-48-45-42-39-36-33-29-26-23-20-17-14-11-8-5-2/h12,15,21,24,26,29,54,58-61,63,67-68H,4-11,13-14,16-20,22-23,25,27-28,30-53H2,1-3H3,(H,69,70)/b15-12-,24-21-,29-26-. The third-order valence-corrected chi connectivity index (χ3v) is 14.2.